The molecule has 196 valence electrons. The number of ether oxygens (including phenoxy) is 2. The van der Waals surface area contributed by atoms with Crippen molar-refractivity contribution in [1.82, 2.24) is 9.88 Å². The molecule has 0 radical (unpaired) electrons. The van der Waals surface area contributed by atoms with Crippen molar-refractivity contribution in [2.45, 2.75) is 66.2 Å². The number of pyridine rings is 1. The van der Waals surface area contributed by atoms with Gasteiger partial charge < -0.3 is 15.2 Å². The molecule has 1 heterocycles. The van der Waals surface area contributed by atoms with E-state index < -0.39 is 29.3 Å². The molecule has 0 atom stereocenters. The summed E-state index contributed by atoms with van der Waals surface area (Å²) in [6, 6.07) is 11.0. The number of hydrogen-bond donors (Lipinski definition) is 1. The van der Waals surface area contributed by atoms with E-state index in [9.17, 15) is 18.8 Å². The fraction of sp³-hybridized carbons (Fsp3) is 0.357. The van der Waals surface area contributed by atoms with Crippen LogP contribution in [-0.2, 0) is 16.0 Å². The largest absolute Gasteiger partial charge is 0.443 e. The first-order valence-corrected chi connectivity index (χ1v) is 11.8. The number of primary amides is 1. The highest BCUT2D eigenvalue weighted by atomic mass is 19.1. The minimum atomic E-state index is -0.855. The van der Waals surface area contributed by atoms with Crippen LogP contribution in [0.15, 0.2) is 42.5 Å². The monoisotopic (exact) mass is 509 g/mol. The lowest BCUT2D eigenvalue weighted by Crippen LogP contribution is -2.43. The fourth-order valence-corrected chi connectivity index (χ4v) is 3.64. The zero-order valence-electron chi connectivity index (χ0n) is 22.1. The van der Waals surface area contributed by atoms with Gasteiger partial charge in [0.2, 0.25) is 0 Å². The number of aromatic nitrogens is 1. The first-order chi connectivity index (χ1) is 17.1. The molecule has 0 fully saturated rings. The first-order valence-electron chi connectivity index (χ1n) is 11.8. The second-order valence-electron chi connectivity index (χ2n) is 10.7. The summed E-state index contributed by atoms with van der Waals surface area (Å²) in [4.78, 5) is 43.4. The van der Waals surface area contributed by atoms with E-state index in [0.29, 0.717) is 33.2 Å². The Bertz CT molecular complexity index is 1330. The fourth-order valence-electron chi connectivity index (χ4n) is 3.64. The zero-order chi connectivity index (χ0) is 27.7. The molecule has 8 nitrogen and oxygen atoms in total. The number of amides is 3. The third-order valence-corrected chi connectivity index (χ3v) is 5.31. The SMILES string of the molecule is Cc1c(CN(C(=O)OC(C)(C)C)C(=O)OC(C)(C)C)ccc2c(-c3ccc(F)cc3)cc(C(N)=O)nc12. The Morgan fingerprint density at radius 1 is 0.919 bits per heavy atom. The van der Waals surface area contributed by atoms with Gasteiger partial charge in [-0.1, -0.05) is 24.3 Å². The summed E-state index contributed by atoms with van der Waals surface area (Å²) in [6.45, 7) is 11.8. The highest BCUT2D eigenvalue weighted by Gasteiger charge is 2.32. The minimum Gasteiger partial charge on any atom is -0.443 e. The van der Waals surface area contributed by atoms with Crippen LogP contribution in [0.4, 0.5) is 14.0 Å². The topological polar surface area (TPSA) is 112 Å². The van der Waals surface area contributed by atoms with Crippen LogP contribution in [0.1, 0.15) is 63.2 Å². The minimum absolute atomic E-state index is 0.0308. The van der Waals surface area contributed by atoms with Crippen molar-refractivity contribution < 1.29 is 28.2 Å². The predicted octanol–water partition coefficient (Wildman–Crippen LogP) is 6.12. The van der Waals surface area contributed by atoms with Gasteiger partial charge in [0.15, 0.2) is 0 Å². The number of hydrogen-bond acceptors (Lipinski definition) is 6. The number of imide groups is 1. The van der Waals surface area contributed by atoms with Gasteiger partial charge in [-0.25, -0.2) is 23.9 Å². The molecule has 37 heavy (non-hydrogen) atoms. The van der Waals surface area contributed by atoms with E-state index in [-0.39, 0.29) is 18.1 Å². The van der Waals surface area contributed by atoms with Gasteiger partial charge >= 0.3 is 12.2 Å². The van der Waals surface area contributed by atoms with Crippen molar-refractivity contribution in [3.63, 3.8) is 0 Å². The number of fused-ring (bicyclic) bond motifs is 1. The summed E-state index contributed by atoms with van der Waals surface area (Å²) in [5.74, 6) is -1.11. The van der Waals surface area contributed by atoms with Crippen molar-refractivity contribution in [2.75, 3.05) is 0 Å². The third-order valence-electron chi connectivity index (χ3n) is 5.31. The molecule has 3 amide bonds. The van der Waals surface area contributed by atoms with Gasteiger partial charge in [-0.2, -0.15) is 0 Å². The summed E-state index contributed by atoms with van der Waals surface area (Å²) in [6.07, 6.45) is -1.71. The van der Waals surface area contributed by atoms with Crippen LogP contribution >= 0.6 is 0 Å². The molecule has 0 aliphatic heterocycles. The molecule has 1 aromatic heterocycles. The maximum absolute atomic E-state index is 13.5. The highest BCUT2D eigenvalue weighted by Crippen LogP contribution is 2.32. The molecule has 0 saturated heterocycles. The summed E-state index contributed by atoms with van der Waals surface area (Å²) >= 11 is 0. The van der Waals surface area contributed by atoms with Crippen molar-refractivity contribution in [1.29, 1.82) is 0 Å². The van der Waals surface area contributed by atoms with Crippen LogP contribution in [0.25, 0.3) is 22.0 Å². The molecule has 3 aromatic rings. The zero-order valence-corrected chi connectivity index (χ0v) is 22.1. The van der Waals surface area contributed by atoms with Gasteiger partial charge in [0.1, 0.15) is 22.7 Å². The Kier molecular flexibility index (Phi) is 7.57. The molecule has 9 heteroatoms. The highest BCUT2D eigenvalue weighted by molar-refractivity contribution is 6.02. The second kappa shape index (κ2) is 10.2. The lowest BCUT2D eigenvalue weighted by atomic mass is 9.96. The van der Waals surface area contributed by atoms with Crippen molar-refractivity contribution in [3.8, 4) is 11.1 Å². The molecule has 0 aliphatic rings. The molecule has 0 bridgehead atoms. The maximum atomic E-state index is 13.5. The number of nitrogens with zero attached hydrogens (tertiary/aromatic N) is 2. The van der Waals surface area contributed by atoms with Gasteiger partial charge in [0, 0.05) is 5.39 Å². The Labute approximate surface area is 215 Å². The normalized spacial score (nSPS) is 11.8. The standard InChI is InChI=1S/C28H32FN3O5/c1-16-18(15-32(25(34)36-27(2,3)4)26(35)37-28(5,6)7)10-13-20-21(17-8-11-19(29)12-9-17)14-22(24(30)33)31-23(16)20/h8-14H,15H2,1-7H3,(H2,30,33). The molecular formula is C28H32FN3O5. The van der Waals surface area contributed by atoms with Crippen LogP contribution in [0, 0.1) is 12.7 Å². The number of carbonyl (C=O) groups excluding carboxylic acids is 3. The maximum Gasteiger partial charge on any atom is 0.420 e. The van der Waals surface area contributed by atoms with Crippen molar-refractivity contribution in [3.05, 3.63) is 65.1 Å². The van der Waals surface area contributed by atoms with Crippen LogP contribution in [0.5, 0.6) is 0 Å². The number of rotatable bonds is 4. The number of benzene rings is 2. The van der Waals surface area contributed by atoms with E-state index in [1.54, 1.807) is 78.8 Å². The van der Waals surface area contributed by atoms with Crippen LogP contribution in [0.2, 0.25) is 0 Å². The Balaban J connectivity index is 2.13. The van der Waals surface area contributed by atoms with E-state index in [2.05, 4.69) is 4.98 Å². The molecule has 0 unspecified atom stereocenters. The quantitative estimate of drug-likeness (QED) is 0.453. The molecular weight excluding hydrogens is 477 g/mol. The molecule has 2 N–H and O–H groups in total. The van der Waals surface area contributed by atoms with E-state index in [4.69, 9.17) is 15.2 Å². The molecule has 3 rings (SSSR count). The number of halogens is 1. The number of aryl methyl sites for hydroxylation is 1. The first kappa shape index (κ1) is 27.6. The molecule has 0 spiro atoms. The summed E-state index contributed by atoms with van der Waals surface area (Å²) in [5, 5.41) is 0.693. The third kappa shape index (κ3) is 6.81. The second-order valence-corrected chi connectivity index (χ2v) is 10.7. The van der Waals surface area contributed by atoms with Gasteiger partial charge in [-0.15, -0.1) is 0 Å². The van der Waals surface area contributed by atoms with E-state index in [1.165, 1.54) is 12.1 Å². The summed E-state index contributed by atoms with van der Waals surface area (Å²) in [5.41, 5.74) is 6.90. The average molecular weight is 510 g/mol. The van der Waals surface area contributed by atoms with Gasteiger partial charge in [-0.3, -0.25) is 4.79 Å². The summed E-state index contributed by atoms with van der Waals surface area (Å²) < 4.78 is 24.4. The Hall–Kier alpha value is -4.01. The predicted molar refractivity (Wildman–Crippen MR) is 138 cm³/mol. The van der Waals surface area contributed by atoms with E-state index >= 15 is 0 Å². The van der Waals surface area contributed by atoms with Crippen LogP contribution in [0.3, 0.4) is 0 Å². The van der Waals surface area contributed by atoms with E-state index in [1.807, 2.05) is 0 Å². The lowest BCUT2D eigenvalue weighted by Gasteiger charge is -2.29. The number of nitrogens with two attached hydrogens (primary N) is 1. The number of carbonyl (C=O) groups is 3. The van der Waals surface area contributed by atoms with Gasteiger partial charge in [0.05, 0.1) is 12.1 Å². The van der Waals surface area contributed by atoms with Crippen molar-refractivity contribution >= 4 is 29.0 Å². The van der Waals surface area contributed by atoms with Crippen LogP contribution < -0.4 is 5.73 Å². The van der Waals surface area contributed by atoms with E-state index in [0.717, 1.165) is 4.90 Å². The Morgan fingerprint density at radius 3 is 1.95 bits per heavy atom. The van der Waals surface area contributed by atoms with Crippen LogP contribution in [-0.4, -0.2) is 39.2 Å². The average Bonchev–Trinajstić information content (AvgIpc) is 2.76. The summed E-state index contributed by atoms with van der Waals surface area (Å²) in [7, 11) is 0. The van der Waals surface area contributed by atoms with Gasteiger partial charge in [-0.05, 0) is 88.9 Å². The molecule has 0 aliphatic carbocycles. The Morgan fingerprint density at radius 2 is 1.46 bits per heavy atom. The molecule has 0 saturated carbocycles. The van der Waals surface area contributed by atoms with Crippen molar-refractivity contribution in [2.24, 2.45) is 5.73 Å². The lowest BCUT2D eigenvalue weighted by molar-refractivity contribution is -0.000281. The van der Waals surface area contributed by atoms with Gasteiger partial charge in [0.25, 0.3) is 5.91 Å². The molecule has 2 aromatic carbocycles. The smallest absolute Gasteiger partial charge is 0.420 e.